The smallest absolute Gasteiger partial charge is 0.244 e. The van der Waals surface area contributed by atoms with E-state index in [1.165, 1.54) is 10.9 Å². The number of carbonyl (C=O) groups is 2. The Labute approximate surface area is 150 Å². The summed E-state index contributed by atoms with van der Waals surface area (Å²) in [5.74, 6) is -2.66. The predicted octanol–water partition coefficient (Wildman–Crippen LogP) is 2.30. The molecule has 1 aliphatic rings. The molecule has 0 aliphatic carbocycles. The van der Waals surface area contributed by atoms with Crippen molar-refractivity contribution in [3.05, 3.63) is 30.1 Å². The molecular weight excluding hydrogens is 342 g/mol. The number of nitrogens with zero attached hydrogens (tertiary/aromatic N) is 2. The molecule has 1 saturated heterocycles. The van der Waals surface area contributed by atoms with Crippen LogP contribution in [0.25, 0.3) is 11.0 Å². The number of amides is 2. The quantitative estimate of drug-likeness (QED) is 0.874. The lowest BCUT2D eigenvalue weighted by Gasteiger charge is -2.25. The number of hydrogen-bond acceptors (Lipinski definition) is 3. The molecule has 8 heteroatoms. The summed E-state index contributed by atoms with van der Waals surface area (Å²) >= 11 is 0. The highest BCUT2D eigenvalue weighted by atomic mass is 19.2. The van der Waals surface area contributed by atoms with E-state index in [1.54, 1.807) is 0 Å². The third-order valence-electron chi connectivity index (χ3n) is 4.67. The van der Waals surface area contributed by atoms with E-state index in [1.807, 2.05) is 13.8 Å². The molecule has 0 bridgehead atoms. The zero-order valence-electron chi connectivity index (χ0n) is 14.8. The molecule has 0 radical (unpaired) electrons. The second-order valence-corrected chi connectivity index (χ2v) is 6.94. The summed E-state index contributed by atoms with van der Waals surface area (Å²) in [6.45, 7) is 4.31. The maximum absolute atomic E-state index is 13.7. The minimum atomic E-state index is -0.995. The minimum absolute atomic E-state index is 0.144. The van der Waals surface area contributed by atoms with E-state index in [4.69, 9.17) is 0 Å². The van der Waals surface area contributed by atoms with Gasteiger partial charge in [0, 0.05) is 18.7 Å². The van der Waals surface area contributed by atoms with E-state index in [9.17, 15) is 18.4 Å². The number of imidazole rings is 1. The fourth-order valence-corrected chi connectivity index (χ4v) is 3.33. The van der Waals surface area contributed by atoms with E-state index in [0.29, 0.717) is 18.5 Å². The highest BCUT2D eigenvalue weighted by Gasteiger charge is 2.30. The molecule has 1 fully saturated rings. The molecule has 0 saturated carbocycles. The van der Waals surface area contributed by atoms with Gasteiger partial charge in [-0.1, -0.05) is 13.8 Å². The molecule has 6 nitrogen and oxygen atoms in total. The van der Waals surface area contributed by atoms with Gasteiger partial charge in [-0.2, -0.15) is 0 Å². The SMILES string of the molecule is CC(C)[C@H](C(=O)N[C@@H]1CCCCNC1=O)n1cnc2cc(F)c(F)cc21. The summed E-state index contributed by atoms with van der Waals surface area (Å²) in [4.78, 5) is 29.1. The largest absolute Gasteiger partial charge is 0.354 e. The first-order valence-electron chi connectivity index (χ1n) is 8.78. The van der Waals surface area contributed by atoms with Crippen LogP contribution in [-0.2, 0) is 9.59 Å². The molecule has 3 rings (SSSR count). The molecule has 1 aromatic carbocycles. The minimum Gasteiger partial charge on any atom is -0.354 e. The first-order chi connectivity index (χ1) is 12.4. The van der Waals surface area contributed by atoms with E-state index in [0.717, 1.165) is 25.0 Å². The van der Waals surface area contributed by atoms with Gasteiger partial charge in [-0.15, -0.1) is 0 Å². The van der Waals surface area contributed by atoms with Crippen LogP contribution in [-0.4, -0.2) is 34.0 Å². The van der Waals surface area contributed by atoms with Crippen LogP contribution in [0.4, 0.5) is 8.78 Å². The zero-order chi connectivity index (χ0) is 18.8. The van der Waals surface area contributed by atoms with Gasteiger partial charge >= 0.3 is 0 Å². The van der Waals surface area contributed by atoms with Crippen molar-refractivity contribution in [2.75, 3.05) is 6.54 Å². The van der Waals surface area contributed by atoms with Crippen molar-refractivity contribution in [1.29, 1.82) is 0 Å². The summed E-state index contributed by atoms with van der Waals surface area (Å²) in [6.07, 6.45) is 3.70. The second kappa shape index (κ2) is 7.39. The van der Waals surface area contributed by atoms with Gasteiger partial charge in [0.15, 0.2) is 11.6 Å². The maximum atomic E-state index is 13.7. The first kappa shape index (κ1) is 18.3. The Hall–Kier alpha value is -2.51. The number of nitrogens with one attached hydrogen (secondary N) is 2. The molecule has 26 heavy (non-hydrogen) atoms. The lowest BCUT2D eigenvalue weighted by atomic mass is 10.0. The number of carbonyl (C=O) groups excluding carboxylic acids is 2. The zero-order valence-corrected chi connectivity index (χ0v) is 14.8. The Morgan fingerprint density at radius 1 is 1.31 bits per heavy atom. The Bertz CT molecular complexity index is 834. The van der Waals surface area contributed by atoms with Gasteiger partial charge in [-0.05, 0) is 25.2 Å². The van der Waals surface area contributed by atoms with Crippen LogP contribution in [0.3, 0.4) is 0 Å². The third-order valence-corrected chi connectivity index (χ3v) is 4.67. The fourth-order valence-electron chi connectivity index (χ4n) is 3.33. The fraction of sp³-hybridized carbons (Fsp3) is 0.500. The molecule has 2 atom stereocenters. The van der Waals surface area contributed by atoms with Gasteiger partial charge in [-0.25, -0.2) is 13.8 Å². The number of rotatable bonds is 4. The van der Waals surface area contributed by atoms with Crippen LogP contribution in [0.15, 0.2) is 18.5 Å². The Morgan fingerprint density at radius 3 is 2.77 bits per heavy atom. The Kier molecular flexibility index (Phi) is 5.20. The average molecular weight is 364 g/mol. The van der Waals surface area contributed by atoms with E-state index in [-0.39, 0.29) is 23.2 Å². The second-order valence-electron chi connectivity index (χ2n) is 6.94. The summed E-state index contributed by atoms with van der Waals surface area (Å²) < 4.78 is 28.6. The number of benzene rings is 1. The maximum Gasteiger partial charge on any atom is 0.244 e. The summed E-state index contributed by atoms with van der Waals surface area (Å²) in [5.41, 5.74) is 0.609. The average Bonchev–Trinajstić information content (AvgIpc) is 2.84. The van der Waals surface area contributed by atoms with E-state index >= 15 is 0 Å². The highest BCUT2D eigenvalue weighted by Crippen LogP contribution is 2.26. The van der Waals surface area contributed by atoms with E-state index in [2.05, 4.69) is 15.6 Å². The lowest BCUT2D eigenvalue weighted by Crippen LogP contribution is -2.48. The molecule has 140 valence electrons. The topological polar surface area (TPSA) is 76.0 Å². The molecule has 2 heterocycles. The normalized spacial score (nSPS) is 19.3. The number of fused-ring (bicyclic) bond motifs is 1. The molecule has 1 aliphatic heterocycles. The van der Waals surface area contributed by atoms with Crippen LogP contribution in [0.5, 0.6) is 0 Å². The van der Waals surface area contributed by atoms with Gasteiger partial charge in [0.2, 0.25) is 11.8 Å². The molecule has 2 aromatic rings. The third kappa shape index (κ3) is 3.54. The molecule has 0 unspecified atom stereocenters. The summed E-state index contributed by atoms with van der Waals surface area (Å²) in [6, 6.07) is 0.768. The van der Waals surface area contributed by atoms with E-state index < -0.39 is 23.7 Å². The van der Waals surface area contributed by atoms with Crippen molar-refractivity contribution in [3.8, 4) is 0 Å². The van der Waals surface area contributed by atoms with Crippen molar-refractivity contribution >= 4 is 22.8 Å². The van der Waals surface area contributed by atoms with Crippen molar-refractivity contribution in [3.63, 3.8) is 0 Å². The number of halogens is 2. The molecule has 1 aromatic heterocycles. The molecule has 2 N–H and O–H groups in total. The lowest BCUT2D eigenvalue weighted by molar-refractivity contribution is -0.131. The van der Waals surface area contributed by atoms with Crippen molar-refractivity contribution in [2.45, 2.75) is 45.2 Å². The van der Waals surface area contributed by atoms with Crippen molar-refractivity contribution in [1.82, 2.24) is 20.2 Å². The molecular formula is C18H22F2N4O2. The van der Waals surface area contributed by atoms with Gasteiger partial charge in [-0.3, -0.25) is 9.59 Å². The van der Waals surface area contributed by atoms with Gasteiger partial charge in [0.25, 0.3) is 0 Å². The Balaban J connectivity index is 1.90. The van der Waals surface area contributed by atoms with Crippen LogP contribution >= 0.6 is 0 Å². The Morgan fingerprint density at radius 2 is 2.04 bits per heavy atom. The predicted molar refractivity (Wildman–Crippen MR) is 92.3 cm³/mol. The van der Waals surface area contributed by atoms with Crippen molar-refractivity contribution in [2.24, 2.45) is 5.92 Å². The first-order valence-corrected chi connectivity index (χ1v) is 8.78. The van der Waals surface area contributed by atoms with Crippen LogP contribution in [0.2, 0.25) is 0 Å². The van der Waals surface area contributed by atoms with Crippen LogP contribution in [0.1, 0.15) is 39.2 Å². The summed E-state index contributed by atoms with van der Waals surface area (Å²) in [7, 11) is 0. The molecule has 0 spiro atoms. The van der Waals surface area contributed by atoms with Crippen LogP contribution < -0.4 is 10.6 Å². The molecule has 2 amide bonds. The number of hydrogen-bond donors (Lipinski definition) is 2. The number of aromatic nitrogens is 2. The monoisotopic (exact) mass is 364 g/mol. The van der Waals surface area contributed by atoms with Gasteiger partial charge in [0.05, 0.1) is 17.4 Å². The van der Waals surface area contributed by atoms with Gasteiger partial charge < -0.3 is 15.2 Å². The highest BCUT2D eigenvalue weighted by molar-refractivity contribution is 5.90. The standard InChI is InChI=1S/C18H22F2N4O2/c1-10(2)16(18(26)23-13-5-3-4-6-21-17(13)25)24-9-22-14-7-11(19)12(20)8-15(14)24/h7-10,13,16H,3-6H2,1-2H3,(H,21,25)(H,23,26)/t13-,16-/m1/s1. The van der Waals surface area contributed by atoms with Crippen molar-refractivity contribution < 1.29 is 18.4 Å². The van der Waals surface area contributed by atoms with Gasteiger partial charge in [0.1, 0.15) is 12.1 Å². The summed E-state index contributed by atoms with van der Waals surface area (Å²) in [5, 5.41) is 5.58. The van der Waals surface area contributed by atoms with Crippen LogP contribution in [0, 0.1) is 17.6 Å².